The number of anilines is 2. The van der Waals surface area contributed by atoms with Gasteiger partial charge in [0.05, 0.1) is 28.7 Å². The summed E-state index contributed by atoms with van der Waals surface area (Å²) in [6.07, 6.45) is -4.25. The number of nitrogens with one attached hydrogen (secondary N) is 1. The maximum absolute atomic E-state index is 12.9. The van der Waals surface area contributed by atoms with Crippen LogP contribution in [0, 0.1) is 0 Å². The van der Waals surface area contributed by atoms with E-state index < -0.39 is 21.6 Å². The van der Waals surface area contributed by atoms with Crippen LogP contribution in [0.4, 0.5) is 24.5 Å². The first kappa shape index (κ1) is 27.7. The van der Waals surface area contributed by atoms with Gasteiger partial charge in [-0.15, -0.1) is 0 Å². The molecule has 3 aromatic carbocycles. The van der Waals surface area contributed by atoms with E-state index in [4.69, 9.17) is 0 Å². The Labute approximate surface area is 221 Å². The van der Waals surface area contributed by atoms with Gasteiger partial charge in [-0.3, -0.25) is 9.69 Å². The van der Waals surface area contributed by atoms with Crippen LogP contribution in [0.5, 0.6) is 0 Å². The van der Waals surface area contributed by atoms with Crippen LogP contribution < -0.4 is 10.2 Å². The molecule has 1 unspecified atom stereocenters. The molecule has 1 N–H and O–H groups in total. The molecule has 1 fully saturated rings. The monoisotopic (exact) mass is 545 g/mol. The van der Waals surface area contributed by atoms with Gasteiger partial charge in [-0.1, -0.05) is 31.2 Å². The van der Waals surface area contributed by atoms with Gasteiger partial charge in [0.2, 0.25) is 5.91 Å². The number of amides is 1. The topological polar surface area (TPSA) is 69.7 Å². The van der Waals surface area contributed by atoms with Gasteiger partial charge in [0.1, 0.15) is 0 Å². The van der Waals surface area contributed by atoms with E-state index in [0.29, 0.717) is 24.3 Å². The Balaban J connectivity index is 1.37. The SMILES string of the molecule is CCS(=O)(=O)c1ccc(CC(=O)Nc2ccc(C3CN(c4ccc(C(F)(F)F)cc4)CCN3C)cc2)cc1. The Bertz CT molecular complexity index is 1360. The minimum absolute atomic E-state index is 0.0204. The van der Waals surface area contributed by atoms with Gasteiger partial charge in [0.25, 0.3) is 0 Å². The lowest BCUT2D eigenvalue weighted by atomic mass is 10.0. The number of sulfone groups is 1. The number of piperazine rings is 1. The summed E-state index contributed by atoms with van der Waals surface area (Å²) in [7, 11) is -1.27. The Hall–Kier alpha value is -3.37. The number of alkyl halides is 3. The third kappa shape index (κ3) is 6.54. The molecule has 1 saturated heterocycles. The molecule has 1 aliphatic rings. The third-order valence-corrected chi connectivity index (χ3v) is 8.56. The number of halogens is 3. The van der Waals surface area contributed by atoms with E-state index in [1.165, 1.54) is 24.3 Å². The maximum atomic E-state index is 12.9. The number of likely N-dealkylation sites (N-methyl/N-ethyl adjacent to an activating group) is 1. The minimum atomic E-state index is -4.36. The van der Waals surface area contributed by atoms with Crippen LogP contribution in [-0.4, -0.2) is 51.7 Å². The Morgan fingerprint density at radius 2 is 1.58 bits per heavy atom. The quantitative estimate of drug-likeness (QED) is 0.444. The molecule has 1 amide bonds. The summed E-state index contributed by atoms with van der Waals surface area (Å²) in [5.41, 5.74) is 2.48. The van der Waals surface area contributed by atoms with Gasteiger partial charge in [0.15, 0.2) is 9.84 Å². The van der Waals surface area contributed by atoms with E-state index in [9.17, 15) is 26.4 Å². The zero-order valence-electron chi connectivity index (χ0n) is 21.2. The molecule has 3 aromatic rings. The number of nitrogens with zero attached hydrogens (tertiary/aromatic N) is 2. The van der Waals surface area contributed by atoms with Crippen LogP contribution in [0.25, 0.3) is 0 Å². The molecule has 1 aliphatic heterocycles. The lowest BCUT2D eigenvalue weighted by molar-refractivity contribution is -0.137. The van der Waals surface area contributed by atoms with E-state index in [0.717, 1.165) is 29.9 Å². The van der Waals surface area contributed by atoms with Crippen LogP contribution in [0.3, 0.4) is 0 Å². The van der Waals surface area contributed by atoms with Crippen molar-refractivity contribution in [3.8, 4) is 0 Å². The predicted octanol–water partition coefficient (Wildman–Crippen LogP) is 5.17. The van der Waals surface area contributed by atoms with Gasteiger partial charge in [-0.25, -0.2) is 8.42 Å². The lowest BCUT2D eigenvalue weighted by Crippen LogP contribution is -2.46. The van der Waals surface area contributed by atoms with Gasteiger partial charge >= 0.3 is 6.18 Å². The molecule has 0 aromatic heterocycles. The van der Waals surface area contributed by atoms with E-state index in [1.807, 2.05) is 31.3 Å². The molecule has 0 bridgehead atoms. The summed E-state index contributed by atoms with van der Waals surface area (Å²) in [5, 5.41) is 2.87. The molecule has 0 radical (unpaired) electrons. The molecule has 6 nitrogen and oxygen atoms in total. The first-order valence-electron chi connectivity index (χ1n) is 12.3. The Kier molecular flexibility index (Phi) is 8.13. The molecule has 0 spiro atoms. The van der Waals surface area contributed by atoms with Crippen LogP contribution >= 0.6 is 0 Å². The normalized spacial score (nSPS) is 16.9. The smallest absolute Gasteiger partial charge is 0.368 e. The van der Waals surface area contributed by atoms with Crippen LogP contribution in [0.2, 0.25) is 0 Å². The first-order valence-corrected chi connectivity index (χ1v) is 14.0. The minimum Gasteiger partial charge on any atom is -0.368 e. The van der Waals surface area contributed by atoms with E-state index in [2.05, 4.69) is 15.1 Å². The second kappa shape index (κ2) is 11.2. The Morgan fingerprint density at radius 1 is 0.947 bits per heavy atom. The van der Waals surface area contributed by atoms with Gasteiger partial charge < -0.3 is 10.2 Å². The summed E-state index contributed by atoms with van der Waals surface area (Å²) in [5.74, 6) is -0.195. The molecule has 1 heterocycles. The fraction of sp³-hybridized carbons (Fsp3) is 0.321. The summed E-state index contributed by atoms with van der Waals surface area (Å²) in [4.78, 5) is 17.1. The van der Waals surface area contributed by atoms with Crippen molar-refractivity contribution in [1.82, 2.24) is 4.90 Å². The highest BCUT2D eigenvalue weighted by atomic mass is 32.2. The molecule has 1 atom stereocenters. The van der Waals surface area contributed by atoms with Crippen LogP contribution in [0.1, 0.15) is 29.7 Å². The molecule has 202 valence electrons. The zero-order valence-corrected chi connectivity index (χ0v) is 22.0. The number of benzene rings is 3. The molecule has 38 heavy (non-hydrogen) atoms. The van der Waals surface area contributed by atoms with Gasteiger partial charge in [0, 0.05) is 31.0 Å². The number of hydrogen-bond acceptors (Lipinski definition) is 5. The molecule has 4 rings (SSSR count). The van der Waals surface area contributed by atoms with E-state index >= 15 is 0 Å². The summed E-state index contributed by atoms with van der Waals surface area (Å²) in [6, 6.07) is 19.2. The number of rotatable bonds is 7. The highest BCUT2D eigenvalue weighted by Crippen LogP contribution is 2.32. The highest BCUT2D eigenvalue weighted by molar-refractivity contribution is 7.91. The van der Waals surface area contributed by atoms with Crippen molar-refractivity contribution in [3.05, 3.63) is 89.5 Å². The zero-order chi connectivity index (χ0) is 27.5. The van der Waals surface area contributed by atoms with Crippen molar-refractivity contribution in [2.45, 2.75) is 30.5 Å². The molecule has 0 aliphatic carbocycles. The van der Waals surface area contributed by atoms with E-state index in [1.54, 1.807) is 19.1 Å². The largest absolute Gasteiger partial charge is 0.416 e. The predicted molar refractivity (Wildman–Crippen MR) is 142 cm³/mol. The molecule has 0 saturated carbocycles. The molecular formula is C28H30F3N3O3S. The average molecular weight is 546 g/mol. The first-order chi connectivity index (χ1) is 18.0. The second-order valence-electron chi connectivity index (χ2n) is 9.38. The van der Waals surface area contributed by atoms with Crippen molar-refractivity contribution in [2.75, 3.05) is 42.7 Å². The van der Waals surface area contributed by atoms with Crippen molar-refractivity contribution in [2.24, 2.45) is 0 Å². The van der Waals surface area contributed by atoms with Crippen LogP contribution in [0.15, 0.2) is 77.7 Å². The Morgan fingerprint density at radius 3 is 2.16 bits per heavy atom. The average Bonchev–Trinajstić information content (AvgIpc) is 2.89. The van der Waals surface area contributed by atoms with Gasteiger partial charge in [-0.05, 0) is 66.7 Å². The number of carbonyl (C=O) groups is 1. The third-order valence-electron chi connectivity index (χ3n) is 6.81. The van der Waals surface area contributed by atoms with Crippen molar-refractivity contribution in [3.63, 3.8) is 0 Å². The maximum Gasteiger partial charge on any atom is 0.416 e. The van der Waals surface area contributed by atoms with Gasteiger partial charge in [-0.2, -0.15) is 13.2 Å². The summed E-state index contributed by atoms with van der Waals surface area (Å²) >= 11 is 0. The summed E-state index contributed by atoms with van der Waals surface area (Å²) < 4.78 is 62.7. The van der Waals surface area contributed by atoms with Crippen molar-refractivity contribution in [1.29, 1.82) is 0 Å². The lowest BCUT2D eigenvalue weighted by Gasteiger charge is -2.41. The fourth-order valence-corrected chi connectivity index (χ4v) is 5.37. The molecular weight excluding hydrogens is 515 g/mol. The van der Waals surface area contributed by atoms with Crippen molar-refractivity contribution >= 4 is 27.1 Å². The number of hydrogen-bond donors (Lipinski definition) is 1. The highest BCUT2D eigenvalue weighted by Gasteiger charge is 2.31. The number of carbonyl (C=O) groups excluding carboxylic acids is 1. The van der Waals surface area contributed by atoms with Crippen LogP contribution in [-0.2, 0) is 27.2 Å². The molecule has 10 heteroatoms. The fourth-order valence-electron chi connectivity index (χ4n) is 4.49. The second-order valence-corrected chi connectivity index (χ2v) is 11.7. The van der Waals surface area contributed by atoms with Crippen molar-refractivity contribution < 1.29 is 26.4 Å². The van der Waals surface area contributed by atoms with E-state index in [-0.39, 0.29) is 29.0 Å². The summed E-state index contributed by atoms with van der Waals surface area (Å²) in [6.45, 7) is 3.67. The standard InChI is InChI=1S/C28H30F3N3O3S/c1-3-38(36,37)25-14-4-20(5-15-25)18-27(35)32-23-10-6-21(7-11-23)26-19-34(17-16-33(26)2)24-12-8-22(9-13-24)28(29,30)31/h4-15,26H,3,16-19H2,1-2H3,(H,32,35).